The molecule has 0 aliphatic heterocycles. The van der Waals surface area contributed by atoms with Crippen LogP contribution in [0.5, 0.6) is 0 Å². The molecular weight excluding hydrogens is 267 g/mol. The summed E-state index contributed by atoms with van der Waals surface area (Å²) in [5, 5.41) is -0.00511. The Balaban J connectivity index is 2.64. The highest BCUT2D eigenvalue weighted by atomic mass is 35.5. The first-order valence-electron chi connectivity index (χ1n) is 4.84. The van der Waals surface area contributed by atoms with E-state index in [9.17, 15) is 13.2 Å². The highest BCUT2D eigenvalue weighted by Gasteiger charge is 2.33. The standard InChI is InChI=1S/C11H7ClF3N3/c12-9-5-8(17-10(16)18-9)6-3-1-2-4-7(6)11(13,14)15/h1-5H,(H2,16,17,18). The van der Waals surface area contributed by atoms with Gasteiger partial charge in [0.2, 0.25) is 5.95 Å². The van der Waals surface area contributed by atoms with Gasteiger partial charge >= 0.3 is 6.18 Å². The minimum Gasteiger partial charge on any atom is -0.368 e. The van der Waals surface area contributed by atoms with Crippen molar-refractivity contribution < 1.29 is 13.2 Å². The topological polar surface area (TPSA) is 51.8 Å². The van der Waals surface area contributed by atoms with Gasteiger partial charge < -0.3 is 5.73 Å². The Kier molecular flexibility index (Phi) is 3.13. The monoisotopic (exact) mass is 273 g/mol. The molecule has 18 heavy (non-hydrogen) atoms. The molecule has 0 aliphatic carbocycles. The zero-order chi connectivity index (χ0) is 13.3. The molecule has 0 bridgehead atoms. The fraction of sp³-hybridized carbons (Fsp3) is 0.0909. The van der Waals surface area contributed by atoms with Gasteiger partial charge in [0.25, 0.3) is 0 Å². The maximum absolute atomic E-state index is 12.8. The number of anilines is 1. The molecule has 0 aliphatic rings. The summed E-state index contributed by atoms with van der Waals surface area (Å²) in [4.78, 5) is 7.36. The van der Waals surface area contributed by atoms with E-state index in [-0.39, 0.29) is 22.4 Å². The number of nitrogen functional groups attached to an aromatic ring is 1. The highest BCUT2D eigenvalue weighted by molar-refractivity contribution is 6.29. The Morgan fingerprint density at radius 2 is 1.78 bits per heavy atom. The van der Waals surface area contributed by atoms with Gasteiger partial charge in [-0.1, -0.05) is 29.8 Å². The number of benzene rings is 1. The lowest BCUT2D eigenvalue weighted by molar-refractivity contribution is -0.137. The zero-order valence-electron chi connectivity index (χ0n) is 8.87. The van der Waals surface area contributed by atoms with Crippen molar-refractivity contribution in [1.82, 2.24) is 9.97 Å². The van der Waals surface area contributed by atoms with Gasteiger partial charge in [-0.05, 0) is 6.07 Å². The Bertz CT molecular complexity index is 564. The van der Waals surface area contributed by atoms with Crippen molar-refractivity contribution in [3.63, 3.8) is 0 Å². The predicted octanol–water partition coefficient (Wildman–Crippen LogP) is 3.40. The molecule has 0 atom stereocenters. The van der Waals surface area contributed by atoms with Crippen molar-refractivity contribution >= 4 is 17.5 Å². The first kappa shape index (κ1) is 12.6. The summed E-state index contributed by atoms with van der Waals surface area (Å²) in [7, 11) is 0. The molecule has 0 saturated heterocycles. The van der Waals surface area contributed by atoms with Crippen molar-refractivity contribution in [3.8, 4) is 11.3 Å². The largest absolute Gasteiger partial charge is 0.417 e. The van der Waals surface area contributed by atoms with Gasteiger partial charge in [0, 0.05) is 11.6 Å². The van der Waals surface area contributed by atoms with Crippen LogP contribution in [0.3, 0.4) is 0 Å². The molecule has 94 valence electrons. The minimum atomic E-state index is -4.47. The van der Waals surface area contributed by atoms with E-state index in [2.05, 4.69) is 9.97 Å². The number of aromatic nitrogens is 2. The first-order valence-corrected chi connectivity index (χ1v) is 5.22. The number of hydrogen-bond donors (Lipinski definition) is 1. The van der Waals surface area contributed by atoms with Gasteiger partial charge in [-0.15, -0.1) is 0 Å². The van der Waals surface area contributed by atoms with Gasteiger partial charge in [-0.3, -0.25) is 0 Å². The van der Waals surface area contributed by atoms with E-state index in [1.807, 2.05) is 0 Å². The Morgan fingerprint density at radius 3 is 2.39 bits per heavy atom. The lowest BCUT2D eigenvalue weighted by Crippen LogP contribution is -2.08. The number of nitrogens with two attached hydrogens (primary N) is 1. The van der Waals surface area contributed by atoms with Crippen molar-refractivity contribution in [2.24, 2.45) is 0 Å². The van der Waals surface area contributed by atoms with E-state index in [1.165, 1.54) is 24.3 Å². The van der Waals surface area contributed by atoms with Crippen molar-refractivity contribution in [2.75, 3.05) is 5.73 Å². The third-order valence-electron chi connectivity index (χ3n) is 2.22. The maximum atomic E-state index is 12.8. The average Bonchev–Trinajstić information content (AvgIpc) is 2.26. The molecule has 2 rings (SSSR count). The van der Waals surface area contributed by atoms with E-state index < -0.39 is 11.7 Å². The van der Waals surface area contributed by atoms with Crippen LogP contribution in [0.2, 0.25) is 5.15 Å². The second kappa shape index (κ2) is 4.45. The van der Waals surface area contributed by atoms with Crippen LogP contribution < -0.4 is 5.73 Å². The van der Waals surface area contributed by atoms with Gasteiger partial charge in [-0.25, -0.2) is 9.97 Å². The van der Waals surface area contributed by atoms with Crippen molar-refractivity contribution in [1.29, 1.82) is 0 Å². The fourth-order valence-electron chi connectivity index (χ4n) is 1.53. The summed E-state index contributed by atoms with van der Waals surface area (Å²) in [6, 6.07) is 6.31. The summed E-state index contributed by atoms with van der Waals surface area (Å²) >= 11 is 5.65. The molecule has 3 nitrogen and oxygen atoms in total. The van der Waals surface area contributed by atoms with Crippen LogP contribution in [0.25, 0.3) is 11.3 Å². The second-order valence-electron chi connectivity index (χ2n) is 3.48. The zero-order valence-corrected chi connectivity index (χ0v) is 9.63. The summed E-state index contributed by atoms with van der Waals surface area (Å²) in [6.07, 6.45) is -4.47. The van der Waals surface area contributed by atoms with Gasteiger partial charge in [0.05, 0.1) is 11.3 Å². The molecular formula is C11H7ClF3N3. The number of hydrogen-bond acceptors (Lipinski definition) is 3. The SMILES string of the molecule is Nc1nc(Cl)cc(-c2ccccc2C(F)(F)F)n1. The van der Waals surface area contributed by atoms with Gasteiger partial charge in [0.1, 0.15) is 5.15 Å². The molecule has 0 unspecified atom stereocenters. The van der Waals surface area contributed by atoms with E-state index in [1.54, 1.807) is 0 Å². The van der Waals surface area contributed by atoms with Crippen LogP contribution in [0.1, 0.15) is 5.56 Å². The third-order valence-corrected chi connectivity index (χ3v) is 2.41. The normalized spacial score (nSPS) is 11.6. The molecule has 0 radical (unpaired) electrons. The Morgan fingerprint density at radius 1 is 1.11 bits per heavy atom. The van der Waals surface area contributed by atoms with Crippen LogP contribution in [0, 0.1) is 0 Å². The number of alkyl halides is 3. The molecule has 7 heteroatoms. The third kappa shape index (κ3) is 2.53. The second-order valence-corrected chi connectivity index (χ2v) is 3.86. The molecule has 0 saturated carbocycles. The molecule has 1 heterocycles. The fourth-order valence-corrected chi connectivity index (χ4v) is 1.72. The molecule has 2 aromatic rings. The molecule has 0 spiro atoms. The summed E-state index contributed by atoms with van der Waals surface area (Å²) < 4.78 is 38.5. The molecule has 1 aromatic carbocycles. The average molecular weight is 274 g/mol. The van der Waals surface area contributed by atoms with Crippen LogP contribution in [-0.2, 0) is 6.18 Å². The Hall–Kier alpha value is -1.82. The Labute approximate surface area is 105 Å². The van der Waals surface area contributed by atoms with E-state index in [4.69, 9.17) is 17.3 Å². The first-order chi connectivity index (χ1) is 8.38. The summed E-state index contributed by atoms with van der Waals surface area (Å²) in [6.45, 7) is 0. The lowest BCUT2D eigenvalue weighted by atomic mass is 10.0. The predicted molar refractivity (Wildman–Crippen MR) is 61.9 cm³/mol. The highest BCUT2D eigenvalue weighted by Crippen LogP contribution is 2.36. The van der Waals surface area contributed by atoms with Crippen LogP contribution in [-0.4, -0.2) is 9.97 Å². The van der Waals surface area contributed by atoms with Gasteiger partial charge in [0.15, 0.2) is 0 Å². The summed E-state index contributed by atoms with van der Waals surface area (Å²) in [5.41, 5.74) is 4.54. The lowest BCUT2D eigenvalue weighted by Gasteiger charge is -2.12. The van der Waals surface area contributed by atoms with Crippen LogP contribution in [0.4, 0.5) is 19.1 Å². The molecule has 1 aromatic heterocycles. The van der Waals surface area contributed by atoms with Crippen LogP contribution >= 0.6 is 11.6 Å². The molecule has 0 amide bonds. The van der Waals surface area contributed by atoms with E-state index in [0.717, 1.165) is 6.07 Å². The molecule has 2 N–H and O–H groups in total. The van der Waals surface area contributed by atoms with Gasteiger partial charge in [-0.2, -0.15) is 13.2 Å². The number of nitrogens with zero attached hydrogens (tertiary/aromatic N) is 2. The molecule has 0 fully saturated rings. The quantitative estimate of drug-likeness (QED) is 0.810. The maximum Gasteiger partial charge on any atom is 0.417 e. The van der Waals surface area contributed by atoms with Crippen molar-refractivity contribution in [2.45, 2.75) is 6.18 Å². The minimum absolute atomic E-state index is 0.00511. The van der Waals surface area contributed by atoms with Crippen LogP contribution in [0.15, 0.2) is 30.3 Å². The van der Waals surface area contributed by atoms with E-state index in [0.29, 0.717) is 0 Å². The van der Waals surface area contributed by atoms with E-state index >= 15 is 0 Å². The van der Waals surface area contributed by atoms with Crippen molar-refractivity contribution in [3.05, 3.63) is 41.0 Å². The number of rotatable bonds is 1. The summed E-state index contributed by atoms with van der Waals surface area (Å²) in [5.74, 6) is -0.172. The number of halogens is 4. The smallest absolute Gasteiger partial charge is 0.368 e.